The average molecular weight is 358 g/mol. The summed E-state index contributed by atoms with van der Waals surface area (Å²) in [4.78, 5) is 16.6. The molecule has 0 aliphatic heterocycles. The Morgan fingerprint density at radius 3 is 2.74 bits per heavy atom. The van der Waals surface area contributed by atoms with Crippen LogP contribution in [0.3, 0.4) is 0 Å². The number of para-hydroxylation sites is 1. The van der Waals surface area contributed by atoms with Crippen molar-refractivity contribution in [3.63, 3.8) is 0 Å². The predicted octanol–water partition coefficient (Wildman–Crippen LogP) is 4.00. The summed E-state index contributed by atoms with van der Waals surface area (Å²) < 4.78 is 7.58. The Bertz CT molecular complexity index is 1110. The lowest BCUT2D eigenvalue weighted by Crippen LogP contribution is -2.16. The molecular weight excluding hydrogens is 340 g/mol. The molecular formula is C21H18N4O2. The van der Waals surface area contributed by atoms with Crippen LogP contribution in [0.4, 0.5) is 0 Å². The Kier molecular flexibility index (Phi) is 4.30. The fourth-order valence-electron chi connectivity index (χ4n) is 3.07. The third kappa shape index (κ3) is 3.25. The van der Waals surface area contributed by atoms with Crippen molar-refractivity contribution in [1.29, 1.82) is 0 Å². The maximum Gasteiger partial charge on any atom is 0.307 e. The van der Waals surface area contributed by atoms with Crippen LogP contribution in [0.5, 0.6) is 0 Å². The number of fused-ring (bicyclic) bond motifs is 1. The fraction of sp³-hybridized carbons (Fsp3) is 0.0952. The Labute approximate surface area is 156 Å². The predicted molar refractivity (Wildman–Crippen MR) is 104 cm³/mol. The average Bonchev–Trinajstić information content (AvgIpc) is 3.23. The first-order valence-corrected chi connectivity index (χ1v) is 8.56. The molecule has 0 saturated carbocycles. The second-order valence-electron chi connectivity index (χ2n) is 6.20. The minimum atomic E-state index is -0.388. The fourth-order valence-corrected chi connectivity index (χ4v) is 3.07. The van der Waals surface area contributed by atoms with Crippen LogP contribution in [0.25, 0.3) is 16.8 Å². The van der Waals surface area contributed by atoms with Crippen molar-refractivity contribution in [3.05, 3.63) is 83.5 Å². The molecule has 0 aliphatic rings. The molecule has 6 nitrogen and oxygen atoms in total. The van der Waals surface area contributed by atoms with Gasteiger partial charge in [-0.15, -0.1) is 0 Å². The second kappa shape index (κ2) is 6.92. The summed E-state index contributed by atoms with van der Waals surface area (Å²) in [6.07, 6.45) is 3.39. The molecule has 3 heterocycles. The Morgan fingerprint density at radius 2 is 1.96 bits per heavy atom. The molecule has 1 N–H and O–H groups in total. The van der Waals surface area contributed by atoms with E-state index < -0.39 is 0 Å². The van der Waals surface area contributed by atoms with Gasteiger partial charge in [-0.2, -0.15) is 5.10 Å². The Hall–Kier alpha value is -3.67. The molecule has 0 unspecified atom stereocenters. The van der Waals surface area contributed by atoms with Gasteiger partial charge in [0.05, 0.1) is 6.21 Å². The summed E-state index contributed by atoms with van der Waals surface area (Å²) in [6.45, 7) is 4.00. The molecule has 6 heteroatoms. The number of nitrogens with one attached hydrogen (secondary N) is 1. The van der Waals surface area contributed by atoms with E-state index in [1.54, 1.807) is 18.5 Å². The number of benzene rings is 1. The maximum absolute atomic E-state index is 12.2. The zero-order valence-corrected chi connectivity index (χ0v) is 15.0. The Balaban J connectivity index is 1.52. The molecule has 0 radical (unpaired) electrons. The van der Waals surface area contributed by atoms with Crippen molar-refractivity contribution >= 4 is 23.1 Å². The van der Waals surface area contributed by atoms with Crippen LogP contribution >= 0.6 is 0 Å². The second-order valence-corrected chi connectivity index (χ2v) is 6.20. The SMILES string of the molecule is Cc1cc(C=NNC(=O)c2cc3ccccc3o2)c(C)n1-c1ccccn1. The van der Waals surface area contributed by atoms with Gasteiger partial charge in [-0.05, 0) is 44.2 Å². The van der Waals surface area contributed by atoms with E-state index in [2.05, 4.69) is 15.5 Å². The van der Waals surface area contributed by atoms with Crippen molar-refractivity contribution in [3.8, 4) is 5.82 Å². The molecule has 0 saturated heterocycles. The normalized spacial score (nSPS) is 11.3. The summed E-state index contributed by atoms with van der Waals surface area (Å²) in [7, 11) is 0. The van der Waals surface area contributed by atoms with Gasteiger partial charge in [-0.3, -0.25) is 4.79 Å². The van der Waals surface area contributed by atoms with Crippen LogP contribution in [0.2, 0.25) is 0 Å². The summed E-state index contributed by atoms with van der Waals surface area (Å²) >= 11 is 0. The van der Waals surface area contributed by atoms with Crippen molar-refractivity contribution in [2.75, 3.05) is 0 Å². The summed E-state index contributed by atoms with van der Waals surface area (Å²) in [5, 5.41) is 4.96. The van der Waals surface area contributed by atoms with Crippen molar-refractivity contribution in [1.82, 2.24) is 15.0 Å². The minimum absolute atomic E-state index is 0.229. The number of carbonyl (C=O) groups excluding carboxylic acids is 1. The first-order chi connectivity index (χ1) is 13.1. The first-order valence-electron chi connectivity index (χ1n) is 8.56. The van der Waals surface area contributed by atoms with E-state index in [0.29, 0.717) is 5.58 Å². The summed E-state index contributed by atoms with van der Waals surface area (Å²) in [6, 6.07) is 17.0. The van der Waals surface area contributed by atoms with E-state index in [4.69, 9.17) is 4.42 Å². The van der Waals surface area contributed by atoms with E-state index in [0.717, 1.165) is 28.2 Å². The summed E-state index contributed by atoms with van der Waals surface area (Å²) in [5.74, 6) is 0.687. The van der Waals surface area contributed by atoms with Crippen molar-refractivity contribution in [2.24, 2.45) is 5.10 Å². The van der Waals surface area contributed by atoms with E-state index in [1.807, 2.05) is 66.9 Å². The highest BCUT2D eigenvalue weighted by molar-refractivity contribution is 5.96. The molecule has 27 heavy (non-hydrogen) atoms. The third-order valence-corrected chi connectivity index (χ3v) is 4.37. The molecule has 0 fully saturated rings. The number of amides is 1. The largest absolute Gasteiger partial charge is 0.451 e. The monoisotopic (exact) mass is 358 g/mol. The minimum Gasteiger partial charge on any atom is -0.451 e. The zero-order chi connectivity index (χ0) is 18.8. The number of rotatable bonds is 4. The number of aromatic nitrogens is 2. The van der Waals surface area contributed by atoms with Gasteiger partial charge in [0.15, 0.2) is 5.76 Å². The highest BCUT2D eigenvalue weighted by atomic mass is 16.3. The molecule has 0 aliphatic carbocycles. The number of hydrazone groups is 1. The number of hydrogen-bond donors (Lipinski definition) is 1. The van der Waals surface area contributed by atoms with Crippen LogP contribution in [-0.2, 0) is 0 Å². The molecule has 1 aromatic carbocycles. The van der Waals surface area contributed by atoms with Crippen LogP contribution in [0, 0.1) is 13.8 Å². The molecule has 1 amide bonds. The number of furan rings is 1. The molecule has 0 bridgehead atoms. The lowest BCUT2D eigenvalue weighted by atomic mass is 10.2. The van der Waals surface area contributed by atoms with Gasteiger partial charge in [0, 0.05) is 28.5 Å². The number of carbonyl (C=O) groups is 1. The standard InChI is InChI=1S/C21H18N4O2/c1-14-11-17(15(2)25(14)20-9-5-6-10-22-20)13-23-24-21(26)19-12-16-7-3-4-8-18(16)27-19/h3-13H,1-2H3,(H,24,26). The molecule has 0 spiro atoms. The highest BCUT2D eigenvalue weighted by Gasteiger charge is 2.12. The highest BCUT2D eigenvalue weighted by Crippen LogP contribution is 2.19. The molecule has 4 aromatic rings. The lowest BCUT2D eigenvalue weighted by Gasteiger charge is -2.07. The first kappa shape index (κ1) is 16.8. The van der Waals surface area contributed by atoms with Gasteiger partial charge in [0.25, 0.3) is 0 Å². The maximum atomic E-state index is 12.2. The van der Waals surface area contributed by atoms with Crippen LogP contribution in [0.15, 0.2) is 70.3 Å². The van der Waals surface area contributed by atoms with E-state index in [9.17, 15) is 4.79 Å². The Morgan fingerprint density at radius 1 is 1.15 bits per heavy atom. The third-order valence-electron chi connectivity index (χ3n) is 4.37. The van der Waals surface area contributed by atoms with Gasteiger partial charge in [0.1, 0.15) is 11.4 Å². The van der Waals surface area contributed by atoms with Crippen molar-refractivity contribution < 1.29 is 9.21 Å². The van der Waals surface area contributed by atoms with E-state index in [-0.39, 0.29) is 11.7 Å². The number of nitrogens with zero attached hydrogens (tertiary/aromatic N) is 3. The molecule has 4 rings (SSSR count). The molecule has 134 valence electrons. The van der Waals surface area contributed by atoms with Gasteiger partial charge in [-0.1, -0.05) is 24.3 Å². The van der Waals surface area contributed by atoms with Crippen LogP contribution < -0.4 is 5.43 Å². The molecule has 3 aromatic heterocycles. The zero-order valence-electron chi connectivity index (χ0n) is 15.0. The number of aryl methyl sites for hydroxylation is 1. The van der Waals surface area contributed by atoms with Crippen LogP contribution in [0.1, 0.15) is 27.5 Å². The van der Waals surface area contributed by atoms with Crippen molar-refractivity contribution in [2.45, 2.75) is 13.8 Å². The quantitative estimate of drug-likeness (QED) is 0.443. The van der Waals surface area contributed by atoms with E-state index in [1.165, 1.54) is 0 Å². The molecule has 0 atom stereocenters. The van der Waals surface area contributed by atoms with E-state index >= 15 is 0 Å². The van der Waals surface area contributed by atoms with Gasteiger partial charge in [0.2, 0.25) is 0 Å². The van der Waals surface area contributed by atoms with Gasteiger partial charge >= 0.3 is 5.91 Å². The van der Waals surface area contributed by atoms with Crippen LogP contribution in [-0.4, -0.2) is 21.7 Å². The lowest BCUT2D eigenvalue weighted by molar-refractivity contribution is 0.0929. The topological polar surface area (TPSA) is 72.4 Å². The number of hydrogen-bond acceptors (Lipinski definition) is 4. The van der Waals surface area contributed by atoms with Gasteiger partial charge in [-0.25, -0.2) is 10.4 Å². The smallest absolute Gasteiger partial charge is 0.307 e. The van der Waals surface area contributed by atoms with Gasteiger partial charge < -0.3 is 8.98 Å². The summed E-state index contributed by atoms with van der Waals surface area (Å²) in [5.41, 5.74) is 6.13. The number of pyridine rings is 1.